The molecule has 5 rings (SSSR count). The first-order chi connectivity index (χ1) is 14.6. The van der Waals surface area contributed by atoms with E-state index in [1.54, 1.807) is 37.5 Å². The second kappa shape index (κ2) is 7.23. The highest BCUT2D eigenvalue weighted by molar-refractivity contribution is 7.13. The number of pyridine rings is 1. The van der Waals surface area contributed by atoms with Gasteiger partial charge in [-0.2, -0.15) is 4.37 Å². The van der Waals surface area contributed by atoms with Crippen molar-refractivity contribution >= 4 is 33.3 Å². The summed E-state index contributed by atoms with van der Waals surface area (Å²) in [5.41, 5.74) is 2.26. The van der Waals surface area contributed by atoms with Crippen molar-refractivity contribution in [2.45, 2.75) is 13.5 Å². The molecule has 9 nitrogen and oxygen atoms in total. The molecule has 30 heavy (non-hydrogen) atoms. The number of hydrogen-bond acceptors (Lipinski definition) is 8. The summed E-state index contributed by atoms with van der Waals surface area (Å²) in [6, 6.07) is 8.75. The number of aromatic nitrogens is 4. The standard InChI is InChI=1S/C20H15N5O4S/c1-11-22-18-17(12-4-6-21-7-5-12)24-30-19(18)20(27)25(11)9-16(26)23-13-2-3-14-15(8-13)29-10-28-14/h2-8H,9-10H2,1H3,(H,23,26). The van der Waals surface area contributed by atoms with E-state index in [1.807, 2.05) is 12.1 Å². The minimum absolute atomic E-state index is 0.156. The third-order valence-electron chi connectivity index (χ3n) is 4.68. The van der Waals surface area contributed by atoms with Crippen LogP contribution >= 0.6 is 11.5 Å². The molecule has 4 heterocycles. The van der Waals surface area contributed by atoms with Gasteiger partial charge in [-0.3, -0.25) is 19.1 Å². The van der Waals surface area contributed by atoms with Gasteiger partial charge in [-0.15, -0.1) is 0 Å². The van der Waals surface area contributed by atoms with E-state index < -0.39 is 0 Å². The van der Waals surface area contributed by atoms with Gasteiger partial charge in [0.25, 0.3) is 5.56 Å². The lowest BCUT2D eigenvalue weighted by molar-refractivity contribution is -0.116. The Bertz CT molecular complexity index is 1330. The molecule has 4 aromatic rings. The predicted octanol–water partition coefficient (Wildman–Crippen LogP) is 2.59. The largest absolute Gasteiger partial charge is 0.454 e. The van der Waals surface area contributed by atoms with E-state index >= 15 is 0 Å². The first kappa shape index (κ1) is 18.3. The molecule has 0 fully saturated rings. The van der Waals surface area contributed by atoms with Crippen molar-refractivity contribution < 1.29 is 14.3 Å². The number of benzene rings is 1. The Labute approximate surface area is 174 Å². The SMILES string of the molecule is Cc1nc2c(-c3ccncc3)nsc2c(=O)n1CC(=O)Nc1ccc2c(c1)OCO2. The number of anilines is 1. The molecule has 0 bridgehead atoms. The zero-order valence-corrected chi connectivity index (χ0v) is 16.6. The van der Waals surface area contributed by atoms with Crippen LogP contribution in [0.25, 0.3) is 21.5 Å². The number of carbonyl (C=O) groups excluding carboxylic acids is 1. The molecular weight excluding hydrogens is 406 g/mol. The van der Waals surface area contributed by atoms with Crippen molar-refractivity contribution in [3.05, 3.63) is 58.9 Å². The fraction of sp³-hybridized carbons (Fsp3) is 0.150. The average Bonchev–Trinajstić information content (AvgIpc) is 3.38. The fourth-order valence-corrected chi connectivity index (χ4v) is 4.02. The minimum Gasteiger partial charge on any atom is -0.454 e. The Morgan fingerprint density at radius 1 is 1.20 bits per heavy atom. The summed E-state index contributed by atoms with van der Waals surface area (Å²) < 4.78 is 16.7. The van der Waals surface area contributed by atoms with Crippen LogP contribution in [0.1, 0.15) is 5.82 Å². The van der Waals surface area contributed by atoms with Crippen molar-refractivity contribution in [2.75, 3.05) is 12.1 Å². The molecule has 150 valence electrons. The summed E-state index contributed by atoms with van der Waals surface area (Å²) >= 11 is 1.07. The zero-order valence-electron chi connectivity index (χ0n) is 15.8. The summed E-state index contributed by atoms with van der Waals surface area (Å²) in [7, 11) is 0. The molecule has 0 aliphatic carbocycles. The normalized spacial score (nSPS) is 12.3. The molecule has 1 aliphatic heterocycles. The van der Waals surface area contributed by atoms with E-state index in [9.17, 15) is 9.59 Å². The van der Waals surface area contributed by atoms with Gasteiger partial charge in [0.1, 0.15) is 28.3 Å². The van der Waals surface area contributed by atoms with E-state index in [4.69, 9.17) is 9.47 Å². The van der Waals surface area contributed by atoms with Crippen LogP contribution in [-0.2, 0) is 11.3 Å². The molecule has 3 aromatic heterocycles. The molecule has 0 saturated carbocycles. The maximum absolute atomic E-state index is 13.0. The Balaban J connectivity index is 1.43. The molecule has 1 N–H and O–H groups in total. The Kier molecular flexibility index (Phi) is 4.40. The Morgan fingerprint density at radius 3 is 2.83 bits per heavy atom. The molecule has 0 atom stereocenters. The van der Waals surface area contributed by atoms with Gasteiger partial charge in [-0.25, -0.2) is 4.98 Å². The van der Waals surface area contributed by atoms with Gasteiger partial charge in [-0.1, -0.05) is 0 Å². The number of hydrogen-bond donors (Lipinski definition) is 1. The van der Waals surface area contributed by atoms with Crippen LogP contribution in [0.2, 0.25) is 0 Å². The second-order valence-corrected chi connectivity index (χ2v) is 7.38. The average molecular weight is 421 g/mol. The molecule has 0 saturated heterocycles. The maximum Gasteiger partial charge on any atom is 0.273 e. The van der Waals surface area contributed by atoms with E-state index in [0.717, 1.165) is 17.1 Å². The van der Waals surface area contributed by atoms with E-state index in [2.05, 4.69) is 19.7 Å². The summed E-state index contributed by atoms with van der Waals surface area (Å²) in [5.74, 6) is 1.28. The lowest BCUT2D eigenvalue weighted by Gasteiger charge is -2.10. The molecule has 0 spiro atoms. The number of nitrogens with zero attached hydrogens (tertiary/aromatic N) is 4. The van der Waals surface area contributed by atoms with Gasteiger partial charge >= 0.3 is 0 Å². The molecular formula is C20H15N5O4S. The van der Waals surface area contributed by atoms with Crippen molar-refractivity contribution in [1.82, 2.24) is 18.9 Å². The van der Waals surface area contributed by atoms with Crippen LogP contribution in [0.15, 0.2) is 47.5 Å². The fourth-order valence-electron chi connectivity index (χ4n) is 3.22. The van der Waals surface area contributed by atoms with Crippen LogP contribution in [0.5, 0.6) is 11.5 Å². The summed E-state index contributed by atoms with van der Waals surface area (Å²) in [4.78, 5) is 34.1. The second-order valence-electron chi connectivity index (χ2n) is 6.61. The smallest absolute Gasteiger partial charge is 0.273 e. The van der Waals surface area contributed by atoms with Gasteiger partial charge in [0.15, 0.2) is 11.5 Å². The van der Waals surface area contributed by atoms with Gasteiger partial charge in [0, 0.05) is 29.7 Å². The van der Waals surface area contributed by atoms with Crippen LogP contribution < -0.4 is 20.3 Å². The summed E-state index contributed by atoms with van der Waals surface area (Å²) in [5, 5.41) is 2.77. The lowest BCUT2D eigenvalue weighted by Crippen LogP contribution is -2.29. The zero-order chi connectivity index (χ0) is 20.7. The quantitative estimate of drug-likeness (QED) is 0.539. The van der Waals surface area contributed by atoms with Crippen molar-refractivity contribution in [2.24, 2.45) is 0 Å². The number of aryl methyl sites for hydroxylation is 1. The number of rotatable bonds is 4. The number of ether oxygens (including phenoxy) is 2. The molecule has 1 amide bonds. The van der Waals surface area contributed by atoms with Crippen LogP contribution in [-0.4, -0.2) is 31.6 Å². The van der Waals surface area contributed by atoms with Crippen molar-refractivity contribution in [3.63, 3.8) is 0 Å². The first-order valence-corrected chi connectivity index (χ1v) is 9.84. The highest BCUT2D eigenvalue weighted by atomic mass is 32.1. The van der Waals surface area contributed by atoms with Crippen molar-refractivity contribution in [3.8, 4) is 22.8 Å². The molecule has 10 heteroatoms. The van der Waals surface area contributed by atoms with Gasteiger partial charge in [0.2, 0.25) is 12.7 Å². The van der Waals surface area contributed by atoms with Gasteiger partial charge in [-0.05, 0) is 42.7 Å². The van der Waals surface area contributed by atoms with Crippen LogP contribution in [0.4, 0.5) is 5.69 Å². The number of nitrogens with one attached hydrogen (secondary N) is 1. The molecule has 1 aliphatic rings. The van der Waals surface area contributed by atoms with E-state index in [-0.39, 0.29) is 24.8 Å². The van der Waals surface area contributed by atoms with E-state index in [0.29, 0.717) is 38.9 Å². The number of carbonyl (C=O) groups is 1. The third-order valence-corrected chi connectivity index (χ3v) is 5.51. The monoisotopic (exact) mass is 421 g/mol. The first-order valence-electron chi connectivity index (χ1n) is 9.07. The molecule has 1 aromatic carbocycles. The van der Waals surface area contributed by atoms with Gasteiger partial charge < -0.3 is 14.8 Å². The van der Waals surface area contributed by atoms with Crippen LogP contribution in [0, 0.1) is 6.92 Å². The number of amides is 1. The van der Waals surface area contributed by atoms with Gasteiger partial charge in [0.05, 0.1) is 0 Å². The minimum atomic E-state index is -0.348. The summed E-state index contributed by atoms with van der Waals surface area (Å²) in [6.45, 7) is 1.69. The topological polar surface area (TPSA) is 108 Å². The highest BCUT2D eigenvalue weighted by Crippen LogP contribution is 2.34. The number of fused-ring (bicyclic) bond motifs is 2. The predicted molar refractivity (Wildman–Crippen MR) is 111 cm³/mol. The Morgan fingerprint density at radius 2 is 2.00 bits per heavy atom. The lowest BCUT2D eigenvalue weighted by atomic mass is 10.2. The third kappa shape index (κ3) is 3.16. The summed E-state index contributed by atoms with van der Waals surface area (Å²) in [6.07, 6.45) is 3.32. The van der Waals surface area contributed by atoms with Crippen LogP contribution in [0.3, 0.4) is 0 Å². The van der Waals surface area contributed by atoms with Crippen molar-refractivity contribution in [1.29, 1.82) is 0 Å². The maximum atomic E-state index is 13.0. The highest BCUT2D eigenvalue weighted by Gasteiger charge is 2.19. The molecule has 0 radical (unpaired) electrons. The molecule has 0 unspecified atom stereocenters. The Hall–Kier alpha value is -3.79. The van der Waals surface area contributed by atoms with E-state index in [1.165, 1.54) is 4.57 Å².